The number of nitrogen functional groups attached to an aromatic ring is 1. The van der Waals surface area contributed by atoms with Gasteiger partial charge in [0, 0.05) is 19.1 Å². The van der Waals surface area contributed by atoms with Crippen molar-refractivity contribution >= 4 is 11.6 Å². The van der Waals surface area contributed by atoms with Crippen LogP contribution < -0.4 is 11.1 Å². The molecule has 2 atom stereocenters. The molecular weight excluding hydrogens is 244 g/mol. The molecule has 19 heavy (non-hydrogen) atoms. The molecular formula is C13H20N4O2. The highest BCUT2D eigenvalue weighted by atomic mass is 16.5. The molecule has 3 rings (SSSR count). The SMILES string of the molecule is COC1CCC(NC(=O)c2n[nH]c(C3CC3)c2N)C1. The monoisotopic (exact) mass is 264 g/mol. The first kappa shape index (κ1) is 12.5. The van der Waals surface area contributed by atoms with Crippen molar-refractivity contribution < 1.29 is 9.53 Å². The average Bonchev–Trinajstić information content (AvgIpc) is 3.01. The number of aromatic nitrogens is 2. The van der Waals surface area contributed by atoms with Crippen LogP contribution in [-0.4, -0.2) is 35.4 Å². The topological polar surface area (TPSA) is 93.0 Å². The van der Waals surface area contributed by atoms with E-state index in [9.17, 15) is 4.79 Å². The van der Waals surface area contributed by atoms with Crippen LogP contribution in [0.2, 0.25) is 0 Å². The Morgan fingerprint density at radius 2 is 2.21 bits per heavy atom. The number of carbonyl (C=O) groups is 1. The number of aromatic amines is 1. The second-order valence-corrected chi connectivity index (χ2v) is 5.51. The lowest BCUT2D eigenvalue weighted by Crippen LogP contribution is -2.34. The molecule has 0 spiro atoms. The summed E-state index contributed by atoms with van der Waals surface area (Å²) in [6, 6.07) is 0.165. The van der Waals surface area contributed by atoms with Crippen molar-refractivity contribution in [2.45, 2.75) is 50.2 Å². The van der Waals surface area contributed by atoms with E-state index in [0.717, 1.165) is 37.8 Å². The van der Waals surface area contributed by atoms with E-state index in [0.29, 0.717) is 17.3 Å². The summed E-state index contributed by atoms with van der Waals surface area (Å²) in [4.78, 5) is 12.2. The largest absolute Gasteiger partial charge is 0.395 e. The van der Waals surface area contributed by atoms with Gasteiger partial charge in [0.25, 0.3) is 5.91 Å². The zero-order valence-corrected chi connectivity index (χ0v) is 11.1. The normalized spacial score (nSPS) is 26.6. The van der Waals surface area contributed by atoms with Crippen LogP contribution in [0.1, 0.15) is 54.2 Å². The number of ether oxygens (including phenoxy) is 1. The van der Waals surface area contributed by atoms with Gasteiger partial charge >= 0.3 is 0 Å². The van der Waals surface area contributed by atoms with Crippen LogP contribution in [0.4, 0.5) is 5.69 Å². The quantitative estimate of drug-likeness (QED) is 0.761. The molecule has 1 amide bonds. The Morgan fingerprint density at radius 3 is 2.84 bits per heavy atom. The highest BCUT2D eigenvalue weighted by molar-refractivity contribution is 5.97. The van der Waals surface area contributed by atoms with Gasteiger partial charge in [0.15, 0.2) is 5.69 Å². The Bertz CT molecular complexity index is 481. The van der Waals surface area contributed by atoms with Gasteiger partial charge in [0.2, 0.25) is 0 Å². The van der Waals surface area contributed by atoms with Gasteiger partial charge in [-0.15, -0.1) is 0 Å². The molecule has 0 aliphatic heterocycles. The molecule has 2 aliphatic carbocycles. The number of nitrogens with zero attached hydrogens (tertiary/aromatic N) is 1. The minimum atomic E-state index is -0.178. The summed E-state index contributed by atoms with van der Waals surface area (Å²) in [5.41, 5.74) is 7.77. The molecule has 104 valence electrons. The first-order chi connectivity index (χ1) is 9.19. The number of nitrogens with two attached hydrogens (primary N) is 1. The van der Waals surface area contributed by atoms with E-state index in [1.54, 1.807) is 7.11 Å². The van der Waals surface area contributed by atoms with E-state index < -0.39 is 0 Å². The van der Waals surface area contributed by atoms with Crippen molar-refractivity contribution in [3.05, 3.63) is 11.4 Å². The van der Waals surface area contributed by atoms with Gasteiger partial charge < -0.3 is 15.8 Å². The smallest absolute Gasteiger partial charge is 0.274 e. The predicted molar refractivity (Wildman–Crippen MR) is 70.9 cm³/mol. The van der Waals surface area contributed by atoms with Crippen molar-refractivity contribution in [2.24, 2.45) is 0 Å². The van der Waals surface area contributed by atoms with Crippen molar-refractivity contribution in [1.29, 1.82) is 0 Å². The Balaban J connectivity index is 1.64. The van der Waals surface area contributed by atoms with Gasteiger partial charge in [0.1, 0.15) is 0 Å². The molecule has 2 fully saturated rings. The molecule has 2 saturated carbocycles. The summed E-state index contributed by atoms with van der Waals surface area (Å²) in [6.07, 6.45) is 5.32. The first-order valence-electron chi connectivity index (χ1n) is 6.86. The molecule has 4 N–H and O–H groups in total. The third-order valence-corrected chi connectivity index (χ3v) is 4.09. The second kappa shape index (κ2) is 4.85. The number of hydrogen-bond donors (Lipinski definition) is 3. The van der Waals surface area contributed by atoms with Gasteiger partial charge in [-0.1, -0.05) is 0 Å². The Morgan fingerprint density at radius 1 is 1.42 bits per heavy atom. The number of nitrogens with one attached hydrogen (secondary N) is 2. The van der Waals surface area contributed by atoms with E-state index in [4.69, 9.17) is 10.5 Å². The molecule has 0 saturated heterocycles. The maximum Gasteiger partial charge on any atom is 0.274 e. The fraction of sp³-hybridized carbons (Fsp3) is 0.692. The number of carbonyl (C=O) groups excluding carboxylic acids is 1. The molecule has 1 heterocycles. The van der Waals surface area contributed by atoms with Crippen LogP contribution >= 0.6 is 0 Å². The van der Waals surface area contributed by atoms with E-state index in [2.05, 4.69) is 15.5 Å². The molecule has 0 radical (unpaired) electrons. The molecule has 1 aromatic heterocycles. The minimum Gasteiger partial charge on any atom is -0.395 e. The molecule has 6 nitrogen and oxygen atoms in total. The van der Waals surface area contributed by atoms with Gasteiger partial charge in [-0.3, -0.25) is 9.89 Å². The highest BCUT2D eigenvalue weighted by Gasteiger charge is 2.31. The van der Waals surface area contributed by atoms with E-state index in [-0.39, 0.29) is 18.1 Å². The lowest BCUT2D eigenvalue weighted by atomic mass is 10.2. The lowest BCUT2D eigenvalue weighted by molar-refractivity contribution is 0.0911. The average molecular weight is 264 g/mol. The third-order valence-electron chi connectivity index (χ3n) is 4.09. The van der Waals surface area contributed by atoms with Crippen LogP contribution in [0, 0.1) is 0 Å². The number of methoxy groups -OCH3 is 1. The number of hydrogen-bond acceptors (Lipinski definition) is 4. The zero-order chi connectivity index (χ0) is 13.4. The first-order valence-corrected chi connectivity index (χ1v) is 6.86. The van der Waals surface area contributed by atoms with E-state index in [1.807, 2.05) is 0 Å². The summed E-state index contributed by atoms with van der Waals surface area (Å²) in [5.74, 6) is 0.292. The van der Waals surface area contributed by atoms with Gasteiger partial charge in [0.05, 0.1) is 17.5 Å². The van der Waals surface area contributed by atoms with Crippen molar-refractivity contribution in [1.82, 2.24) is 15.5 Å². The summed E-state index contributed by atoms with van der Waals surface area (Å²) in [6.45, 7) is 0. The number of rotatable bonds is 4. The van der Waals surface area contributed by atoms with Crippen LogP contribution in [0.5, 0.6) is 0 Å². The van der Waals surface area contributed by atoms with Crippen molar-refractivity contribution in [3.8, 4) is 0 Å². The molecule has 6 heteroatoms. The Kier molecular flexibility index (Phi) is 3.18. The second-order valence-electron chi connectivity index (χ2n) is 5.51. The van der Waals surface area contributed by atoms with E-state index in [1.165, 1.54) is 0 Å². The number of anilines is 1. The third kappa shape index (κ3) is 2.45. The summed E-state index contributed by atoms with van der Waals surface area (Å²) >= 11 is 0. The molecule has 1 aromatic rings. The van der Waals surface area contributed by atoms with Gasteiger partial charge in [-0.2, -0.15) is 5.10 Å². The number of H-pyrrole nitrogens is 1. The Labute approximate surface area is 112 Å². The van der Waals surface area contributed by atoms with Crippen LogP contribution in [0.15, 0.2) is 0 Å². The zero-order valence-electron chi connectivity index (χ0n) is 11.1. The lowest BCUT2D eigenvalue weighted by Gasteiger charge is -2.12. The maximum atomic E-state index is 12.2. The summed E-state index contributed by atoms with van der Waals surface area (Å²) in [7, 11) is 1.71. The van der Waals surface area contributed by atoms with Gasteiger partial charge in [-0.05, 0) is 32.1 Å². The van der Waals surface area contributed by atoms with Gasteiger partial charge in [-0.25, -0.2) is 0 Å². The molecule has 0 bridgehead atoms. The minimum absolute atomic E-state index is 0.165. The molecule has 2 unspecified atom stereocenters. The fourth-order valence-corrected chi connectivity index (χ4v) is 2.76. The standard InChI is InChI=1S/C13H20N4O2/c1-19-9-5-4-8(6-9)15-13(18)12-10(14)11(16-17-12)7-2-3-7/h7-9H,2-6,14H2,1H3,(H,15,18)(H,16,17). The highest BCUT2D eigenvalue weighted by Crippen LogP contribution is 2.42. The van der Waals surface area contributed by atoms with Crippen molar-refractivity contribution in [3.63, 3.8) is 0 Å². The maximum absolute atomic E-state index is 12.2. The number of amides is 1. The summed E-state index contributed by atoms with van der Waals surface area (Å²) < 4.78 is 5.30. The van der Waals surface area contributed by atoms with Crippen LogP contribution in [-0.2, 0) is 4.74 Å². The molecule has 0 aromatic carbocycles. The van der Waals surface area contributed by atoms with Crippen molar-refractivity contribution in [2.75, 3.05) is 12.8 Å². The van der Waals surface area contributed by atoms with Crippen LogP contribution in [0.25, 0.3) is 0 Å². The molecule has 2 aliphatic rings. The van der Waals surface area contributed by atoms with Crippen LogP contribution in [0.3, 0.4) is 0 Å². The fourth-order valence-electron chi connectivity index (χ4n) is 2.76. The van der Waals surface area contributed by atoms with E-state index >= 15 is 0 Å². The summed E-state index contributed by atoms with van der Waals surface area (Å²) in [5, 5.41) is 9.96. The predicted octanol–water partition coefficient (Wildman–Crippen LogP) is 1.17. The Hall–Kier alpha value is -1.56.